The molecule has 0 aliphatic carbocycles. The second-order valence-corrected chi connectivity index (χ2v) is 4.15. The number of nitro groups is 1. The number of hydrogen-bond donors (Lipinski definition) is 2. The molecule has 0 unspecified atom stereocenters. The molecule has 98 valence electrons. The Balaban J connectivity index is 2.83. The van der Waals surface area contributed by atoms with E-state index >= 15 is 0 Å². The fourth-order valence-corrected chi connectivity index (χ4v) is 1.63. The van der Waals surface area contributed by atoms with Crippen molar-refractivity contribution in [3.8, 4) is 0 Å². The zero-order chi connectivity index (χ0) is 13.5. The van der Waals surface area contributed by atoms with Gasteiger partial charge in [0, 0.05) is 23.9 Å². The largest absolute Gasteiger partial charge is 0.399 e. The van der Waals surface area contributed by atoms with Crippen LogP contribution in [-0.2, 0) is 0 Å². The Kier molecular flexibility index (Phi) is 5.17. The topological polar surface area (TPSA) is 81.2 Å². The summed E-state index contributed by atoms with van der Waals surface area (Å²) >= 11 is 0. The average molecular weight is 249 g/mol. The van der Waals surface area contributed by atoms with Crippen molar-refractivity contribution < 1.29 is 4.92 Å². The van der Waals surface area contributed by atoms with Gasteiger partial charge in [-0.05, 0) is 12.5 Å². The second-order valence-electron chi connectivity index (χ2n) is 4.15. The minimum Gasteiger partial charge on any atom is -0.399 e. The third-order valence-electron chi connectivity index (χ3n) is 2.66. The van der Waals surface area contributed by atoms with E-state index < -0.39 is 4.92 Å². The molecule has 0 amide bonds. The van der Waals surface area contributed by atoms with E-state index in [1.54, 1.807) is 12.1 Å². The van der Waals surface area contributed by atoms with Crippen LogP contribution in [0.15, 0.2) is 24.8 Å². The van der Waals surface area contributed by atoms with Crippen LogP contribution in [-0.4, -0.2) is 11.5 Å². The highest BCUT2D eigenvalue weighted by Crippen LogP contribution is 2.27. The van der Waals surface area contributed by atoms with Crippen LogP contribution in [0.3, 0.4) is 0 Å². The molecule has 0 aliphatic heterocycles. The molecular weight excluding hydrogens is 230 g/mol. The molecule has 0 spiro atoms. The van der Waals surface area contributed by atoms with E-state index in [2.05, 4.69) is 18.8 Å². The molecule has 0 heterocycles. The van der Waals surface area contributed by atoms with Crippen LogP contribution in [0.1, 0.15) is 31.7 Å². The van der Waals surface area contributed by atoms with E-state index in [0.29, 0.717) is 16.9 Å². The lowest BCUT2D eigenvalue weighted by molar-refractivity contribution is -0.384. The third-order valence-corrected chi connectivity index (χ3v) is 2.66. The molecule has 0 fully saturated rings. The smallest absolute Gasteiger partial charge is 0.292 e. The maximum Gasteiger partial charge on any atom is 0.292 e. The first-order valence-corrected chi connectivity index (χ1v) is 6.03. The van der Waals surface area contributed by atoms with Gasteiger partial charge < -0.3 is 11.1 Å². The highest BCUT2D eigenvalue weighted by molar-refractivity contribution is 5.70. The van der Waals surface area contributed by atoms with Crippen molar-refractivity contribution in [1.82, 2.24) is 0 Å². The lowest BCUT2D eigenvalue weighted by Gasteiger charge is -2.08. The summed E-state index contributed by atoms with van der Waals surface area (Å²) in [6, 6.07) is 4.86. The molecule has 0 aromatic heterocycles. The van der Waals surface area contributed by atoms with Gasteiger partial charge in [0.25, 0.3) is 5.69 Å². The fourth-order valence-electron chi connectivity index (χ4n) is 1.63. The monoisotopic (exact) mass is 249 g/mol. The molecule has 5 nitrogen and oxygen atoms in total. The Bertz CT molecular complexity index is 444. The number of nitrogens with zero attached hydrogens (tertiary/aromatic N) is 1. The number of anilines is 1. The molecule has 0 radical (unpaired) electrons. The van der Waals surface area contributed by atoms with Gasteiger partial charge >= 0.3 is 0 Å². The SMILES string of the molecule is C=C(N)c1ccc(NCCCCC)c([N+](=O)[O-])c1. The van der Waals surface area contributed by atoms with Crippen LogP contribution in [0, 0.1) is 10.1 Å². The van der Waals surface area contributed by atoms with Crippen molar-refractivity contribution in [1.29, 1.82) is 0 Å². The lowest BCUT2D eigenvalue weighted by atomic mass is 10.1. The van der Waals surface area contributed by atoms with Gasteiger partial charge in [0.15, 0.2) is 0 Å². The van der Waals surface area contributed by atoms with Crippen molar-refractivity contribution in [2.45, 2.75) is 26.2 Å². The summed E-state index contributed by atoms with van der Waals surface area (Å²) in [5.41, 5.74) is 7.01. The third kappa shape index (κ3) is 3.76. The first-order valence-electron chi connectivity index (χ1n) is 6.03. The van der Waals surface area contributed by atoms with Gasteiger partial charge in [0.2, 0.25) is 0 Å². The quantitative estimate of drug-likeness (QED) is 0.442. The molecule has 0 atom stereocenters. The van der Waals surface area contributed by atoms with Crippen LogP contribution < -0.4 is 11.1 Å². The van der Waals surface area contributed by atoms with Crippen molar-refractivity contribution >= 4 is 17.1 Å². The number of nitro benzene ring substituents is 1. The normalized spacial score (nSPS) is 10.1. The summed E-state index contributed by atoms with van der Waals surface area (Å²) in [6.45, 7) is 6.43. The van der Waals surface area contributed by atoms with Crippen molar-refractivity contribution in [2.75, 3.05) is 11.9 Å². The minimum atomic E-state index is -0.408. The van der Waals surface area contributed by atoms with E-state index in [1.165, 1.54) is 6.07 Å². The predicted octanol–water partition coefficient (Wildman–Crippen LogP) is 3.13. The highest BCUT2D eigenvalue weighted by Gasteiger charge is 2.14. The molecule has 0 saturated carbocycles. The number of unbranched alkanes of at least 4 members (excludes halogenated alkanes) is 2. The van der Waals surface area contributed by atoms with Gasteiger partial charge in [0.05, 0.1) is 4.92 Å². The first-order chi connectivity index (χ1) is 8.56. The number of benzene rings is 1. The Morgan fingerprint density at radius 1 is 1.50 bits per heavy atom. The molecule has 5 heteroatoms. The van der Waals surface area contributed by atoms with Gasteiger partial charge in [-0.3, -0.25) is 10.1 Å². The standard InChI is InChI=1S/C13H19N3O2/c1-3-4-5-8-15-12-7-6-11(10(2)14)9-13(12)16(17)18/h6-7,9,15H,2-5,8,14H2,1H3. The number of nitrogens with two attached hydrogens (primary N) is 1. The Morgan fingerprint density at radius 3 is 2.78 bits per heavy atom. The first kappa shape index (κ1) is 14.0. The van der Waals surface area contributed by atoms with Crippen LogP contribution >= 0.6 is 0 Å². The van der Waals surface area contributed by atoms with Crippen LogP contribution in [0.4, 0.5) is 11.4 Å². The molecule has 3 N–H and O–H groups in total. The van der Waals surface area contributed by atoms with E-state index in [0.717, 1.165) is 25.8 Å². The van der Waals surface area contributed by atoms with Gasteiger partial charge in [-0.25, -0.2) is 0 Å². The van der Waals surface area contributed by atoms with Crippen molar-refractivity contribution in [3.63, 3.8) is 0 Å². The number of hydrogen-bond acceptors (Lipinski definition) is 4. The molecular formula is C13H19N3O2. The molecule has 1 rings (SSSR count). The summed E-state index contributed by atoms with van der Waals surface area (Å²) in [4.78, 5) is 10.6. The maximum atomic E-state index is 11.0. The Morgan fingerprint density at radius 2 is 2.22 bits per heavy atom. The van der Waals surface area contributed by atoms with E-state index in [4.69, 9.17) is 5.73 Å². The summed E-state index contributed by atoms with van der Waals surface area (Å²) in [5, 5.41) is 14.1. The van der Waals surface area contributed by atoms with Crippen LogP contribution in [0.25, 0.3) is 5.70 Å². The van der Waals surface area contributed by atoms with Crippen molar-refractivity contribution in [2.24, 2.45) is 5.73 Å². The number of rotatable bonds is 7. The Labute approximate surface area is 107 Å². The molecule has 1 aromatic carbocycles. The highest BCUT2D eigenvalue weighted by atomic mass is 16.6. The zero-order valence-corrected chi connectivity index (χ0v) is 10.6. The summed E-state index contributed by atoms with van der Waals surface area (Å²) in [7, 11) is 0. The van der Waals surface area contributed by atoms with Gasteiger partial charge in [-0.15, -0.1) is 0 Å². The summed E-state index contributed by atoms with van der Waals surface area (Å²) in [5.74, 6) is 0. The van der Waals surface area contributed by atoms with Gasteiger partial charge in [0.1, 0.15) is 5.69 Å². The minimum absolute atomic E-state index is 0.0376. The van der Waals surface area contributed by atoms with E-state index in [9.17, 15) is 10.1 Å². The van der Waals surface area contributed by atoms with E-state index in [1.807, 2.05) is 0 Å². The van der Waals surface area contributed by atoms with Gasteiger partial charge in [-0.2, -0.15) is 0 Å². The zero-order valence-electron chi connectivity index (χ0n) is 10.6. The predicted molar refractivity (Wildman–Crippen MR) is 74.3 cm³/mol. The fraction of sp³-hybridized carbons (Fsp3) is 0.385. The van der Waals surface area contributed by atoms with Gasteiger partial charge in [-0.1, -0.05) is 32.4 Å². The number of nitrogens with one attached hydrogen (secondary N) is 1. The molecule has 1 aromatic rings. The molecule has 18 heavy (non-hydrogen) atoms. The second kappa shape index (κ2) is 6.64. The van der Waals surface area contributed by atoms with E-state index in [-0.39, 0.29) is 5.69 Å². The average Bonchev–Trinajstić information content (AvgIpc) is 2.34. The Hall–Kier alpha value is -2.04. The van der Waals surface area contributed by atoms with Crippen molar-refractivity contribution in [3.05, 3.63) is 40.5 Å². The lowest BCUT2D eigenvalue weighted by Crippen LogP contribution is -2.05. The van der Waals surface area contributed by atoms with Crippen LogP contribution in [0.2, 0.25) is 0 Å². The maximum absolute atomic E-state index is 11.0. The molecule has 0 saturated heterocycles. The molecule has 0 aliphatic rings. The molecule has 0 bridgehead atoms. The summed E-state index contributed by atoms with van der Waals surface area (Å²) in [6.07, 6.45) is 3.23. The summed E-state index contributed by atoms with van der Waals surface area (Å²) < 4.78 is 0. The van der Waals surface area contributed by atoms with Crippen LogP contribution in [0.5, 0.6) is 0 Å².